The molecule has 0 aromatic heterocycles. The number of rotatable bonds is 2. The third-order valence-electron chi connectivity index (χ3n) is 2.75. The number of anilines is 1. The first-order valence-corrected chi connectivity index (χ1v) is 5.38. The first-order valence-electron chi connectivity index (χ1n) is 5.38. The quantitative estimate of drug-likeness (QED) is 0.764. The standard InChI is InChI=1S/C12H16N2O/c1-9-5-7-11(8-6-9)14-12(15)13-10-3-2-4-10/h5-8,10H,2-4H2,1H3,(H2,13,14,15). The van der Waals surface area contributed by atoms with Crippen molar-refractivity contribution in [3.8, 4) is 0 Å². The van der Waals surface area contributed by atoms with Crippen LogP contribution in [0.15, 0.2) is 24.3 Å². The van der Waals surface area contributed by atoms with Crippen molar-refractivity contribution >= 4 is 11.7 Å². The number of carbonyl (C=O) groups excluding carboxylic acids is 1. The molecule has 1 aliphatic carbocycles. The van der Waals surface area contributed by atoms with Gasteiger partial charge >= 0.3 is 6.03 Å². The molecule has 0 aliphatic heterocycles. The summed E-state index contributed by atoms with van der Waals surface area (Å²) in [5.74, 6) is 0. The van der Waals surface area contributed by atoms with Gasteiger partial charge in [-0.3, -0.25) is 0 Å². The van der Waals surface area contributed by atoms with Gasteiger partial charge in [0.15, 0.2) is 0 Å². The first-order chi connectivity index (χ1) is 7.24. The van der Waals surface area contributed by atoms with Gasteiger partial charge in [0.05, 0.1) is 0 Å². The molecule has 0 radical (unpaired) electrons. The second kappa shape index (κ2) is 4.34. The highest BCUT2D eigenvalue weighted by Gasteiger charge is 2.18. The molecule has 0 heterocycles. The smallest absolute Gasteiger partial charge is 0.319 e. The number of urea groups is 1. The molecule has 80 valence electrons. The molecular weight excluding hydrogens is 188 g/mol. The number of benzene rings is 1. The predicted octanol–water partition coefficient (Wildman–Crippen LogP) is 2.67. The van der Waals surface area contributed by atoms with Crippen molar-refractivity contribution in [2.24, 2.45) is 0 Å². The molecule has 2 amide bonds. The molecule has 0 spiro atoms. The van der Waals surface area contributed by atoms with Crippen molar-refractivity contribution in [1.82, 2.24) is 5.32 Å². The zero-order valence-electron chi connectivity index (χ0n) is 8.92. The lowest BCUT2D eigenvalue weighted by Crippen LogP contribution is -2.41. The van der Waals surface area contributed by atoms with E-state index in [1.54, 1.807) is 0 Å². The van der Waals surface area contributed by atoms with Crippen molar-refractivity contribution in [3.05, 3.63) is 29.8 Å². The summed E-state index contributed by atoms with van der Waals surface area (Å²) in [6.07, 6.45) is 3.46. The van der Waals surface area contributed by atoms with Crippen molar-refractivity contribution in [3.63, 3.8) is 0 Å². The lowest BCUT2D eigenvalue weighted by Gasteiger charge is -2.26. The van der Waals surface area contributed by atoms with Crippen LogP contribution in [-0.4, -0.2) is 12.1 Å². The zero-order chi connectivity index (χ0) is 10.7. The summed E-state index contributed by atoms with van der Waals surface area (Å²) in [6.45, 7) is 2.03. The topological polar surface area (TPSA) is 41.1 Å². The van der Waals surface area contributed by atoms with Crippen molar-refractivity contribution in [1.29, 1.82) is 0 Å². The number of amides is 2. The maximum Gasteiger partial charge on any atom is 0.319 e. The number of carbonyl (C=O) groups is 1. The van der Waals surface area contributed by atoms with Gasteiger partial charge in [0.25, 0.3) is 0 Å². The minimum absolute atomic E-state index is 0.0939. The van der Waals surface area contributed by atoms with Crippen LogP contribution in [0.3, 0.4) is 0 Å². The maximum atomic E-state index is 11.5. The predicted molar refractivity (Wildman–Crippen MR) is 61.0 cm³/mol. The molecular formula is C12H16N2O. The van der Waals surface area contributed by atoms with E-state index < -0.39 is 0 Å². The molecule has 0 saturated heterocycles. The monoisotopic (exact) mass is 204 g/mol. The van der Waals surface area contributed by atoms with Gasteiger partial charge in [0.1, 0.15) is 0 Å². The normalized spacial score (nSPS) is 15.5. The van der Waals surface area contributed by atoms with Crippen LogP contribution < -0.4 is 10.6 Å². The van der Waals surface area contributed by atoms with Gasteiger partial charge in [-0.15, -0.1) is 0 Å². The van der Waals surface area contributed by atoms with Gasteiger partial charge in [0, 0.05) is 11.7 Å². The summed E-state index contributed by atoms with van der Waals surface area (Å²) in [4.78, 5) is 11.5. The molecule has 2 rings (SSSR count). The van der Waals surface area contributed by atoms with Gasteiger partial charge < -0.3 is 10.6 Å². The minimum atomic E-state index is -0.0939. The molecule has 1 fully saturated rings. The summed E-state index contributed by atoms with van der Waals surface area (Å²) in [6, 6.07) is 8.09. The summed E-state index contributed by atoms with van der Waals surface area (Å²) in [5.41, 5.74) is 2.04. The van der Waals surface area contributed by atoms with E-state index in [0.29, 0.717) is 6.04 Å². The van der Waals surface area contributed by atoms with E-state index in [-0.39, 0.29) is 6.03 Å². The Morgan fingerprint density at radius 2 is 1.93 bits per heavy atom. The lowest BCUT2D eigenvalue weighted by molar-refractivity contribution is 0.240. The molecule has 0 unspecified atom stereocenters. The Morgan fingerprint density at radius 3 is 2.47 bits per heavy atom. The van der Waals surface area contributed by atoms with Crippen LogP contribution >= 0.6 is 0 Å². The Balaban J connectivity index is 1.84. The Kier molecular flexibility index (Phi) is 2.90. The molecule has 2 N–H and O–H groups in total. The highest BCUT2D eigenvalue weighted by molar-refractivity contribution is 5.89. The van der Waals surface area contributed by atoms with Crippen LogP contribution in [0.2, 0.25) is 0 Å². The van der Waals surface area contributed by atoms with Gasteiger partial charge in [-0.1, -0.05) is 17.7 Å². The first kappa shape index (κ1) is 10.0. The van der Waals surface area contributed by atoms with Crippen LogP contribution in [0.1, 0.15) is 24.8 Å². The van der Waals surface area contributed by atoms with E-state index in [1.165, 1.54) is 12.0 Å². The van der Waals surface area contributed by atoms with Crippen molar-refractivity contribution in [2.75, 3.05) is 5.32 Å². The molecule has 3 nitrogen and oxygen atoms in total. The van der Waals surface area contributed by atoms with Gasteiger partial charge in [-0.2, -0.15) is 0 Å². The Hall–Kier alpha value is -1.51. The van der Waals surface area contributed by atoms with Gasteiger partial charge in [-0.25, -0.2) is 4.79 Å². The van der Waals surface area contributed by atoms with Crippen molar-refractivity contribution < 1.29 is 4.79 Å². The maximum absolute atomic E-state index is 11.5. The highest BCUT2D eigenvalue weighted by Crippen LogP contribution is 2.18. The fraction of sp³-hybridized carbons (Fsp3) is 0.417. The zero-order valence-corrected chi connectivity index (χ0v) is 8.92. The minimum Gasteiger partial charge on any atom is -0.335 e. The largest absolute Gasteiger partial charge is 0.335 e. The number of hydrogen-bond acceptors (Lipinski definition) is 1. The van der Waals surface area contributed by atoms with E-state index in [0.717, 1.165) is 18.5 Å². The Bertz CT molecular complexity index is 341. The van der Waals surface area contributed by atoms with Crippen LogP contribution in [0.4, 0.5) is 10.5 Å². The average Bonchev–Trinajstić information content (AvgIpc) is 2.16. The Labute approximate surface area is 89.9 Å². The summed E-state index contributed by atoms with van der Waals surface area (Å²) < 4.78 is 0. The highest BCUT2D eigenvalue weighted by atomic mass is 16.2. The van der Waals surface area contributed by atoms with E-state index in [2.05, 4.69) is 10.6 Å². The molecule has 1 aromatic rings. The second-order valence-electron chi connectivity index (χ2n) is 4.09. The molecule has 3 heteroatoms. The molecule has 0 atom stereocenters. The molecule has 1 saturated carbocycles. The molecule has 1 aromatic carbocycles. The third-order valence-corrected chi connectivity index (χ3v) is 2.75. The van der Waals surface area contributed by atoms with Crippen LogP contribution in [-0.2, 0) is 0 Å². The molecule has 15 heavy (non-hydrogen) atoms. The molecule has 0 bridgehead atoms. The van der Waals surface area contributed by atoms with Gasteiger partial charge in [0.2, 0.25) is 0 Å². The van der Waals surface area contributed by atoms with Crippen LogP contribution in [0, 0.1) is 6.92 Å². The summed E-state index contributed by atoms with van der Waals surface area (Å²) in [5, 5.41) is 5.75. The SMILES string of the molecule is Cc1ccc(NC(=O)NC2CCC2)cc1. The van der Waals surface area contributed by atoms with Crippen LogP contribution in [0.5, 0.6) is 0 Å². The van der Waals surface area contributed by atoms with E-state index in [4.69, 9.17) is 0 Å². The Morgan fingerprint density at radius 1 is 1.27 bits per heavy atom. The number of aryl methyl sites for hydroxylation is 1. The van der Waals surface area contributed by atoms with Gasteiger partial charge in [-0.05, 0) is 38.3 Å². The summed E-state index contributed by atoms with van der Waals surface area (Å²) >= 11 is 0. The lowest BCUT2D eigenvalue weighted by atomic mass is 9.93. The van der Waals surface area contributed by atoms with E-state index in [1.807, 2.05) is 31.2 Å². The summed E-state index contributed by atoms with van der Waals surface area (Å²) in [7, 11) is 0. The number of hydrogen-bond donors (Lipinski definition) is 2. The second-order valence-corrected chi connectivity index (χ2v) is 4.09. The van der Waals surface area contributed by atoms with Crippen LogP contribution in [0.25, 0.3) is 0 Å². The average molecular weight is 204 g/mol. The third kappa shape index (κ3) is 2.72. The van der Waals surface area contributed by atoms with E-state index >= 15 is 0 Å². The van der Waals surface area contributed by atoms with Crippen molar-refractivity contribution in [2.45, 2.75) is 32.2 Å². The fourth-order valence-electron chi connectivity index (χ4n) is 1.54. The molecule has 1 aliphatic rings. The number of nitrogens with one attached hydrogen (secondary N) is 2. The fourth-order valence-corrected chi connectivity index (χ4v) is 1.54. The van der Waals surface area contributed by atoms with E-state index in [9.17, 15) is 4.79 Å².